The van der Waals surface area contributed by atoms with Crippen LogP contribution in [-0.2, 0) is 42.7 Å². The first-order chi connectivity index (χ1) is 15.0. The Balaban J connectivity index is -0.000000450. The molecule has 0 aliphatic carbocycles. The highest BCUT2D eigenvalue weighted by atomic mass is 31.1. The standard InChI is InChI=1S/2C9H17NO4.HO3P/c2*1-3-13-8(11)6-5-7(10)9(12)14-4-2;1-4(2)3/h2*7H,3-6,10H2,1-2H3;(H-,1,2,3)/p+1/t2*7-;/m00./s1. The van der Waals surface area contributed by atoms with Gasteiger partial charge >= 0.3 is 32.1 Å². The molecule has 32 heavy (non-hydrogen) atoms. The molecule has 0 rings (SSSR count). The molecule has 0 aromatic heterocycles. The summed E-state index contributed by atoms with van der Waals surface area (Å²) in [5.74, 6) is -1.63. The van der Waals surface area contributed by atoms with Crippen molar-refractivity contribution in [2.24, 2.45) is 11.5 Å². The molecule has 0 spiro atoms. The van der Waals surface area contributed by atoms with E-state index >= 15 is 0 Å². The van der Waals surface area contributed by atoms with E-state index in [1.165, 1.54) is 0 Å². The third-order valence-electron chi connectivity index (χ3n) is 3.11. The topological polar surface area (TPSA) is 215 Å². The highest BCUT2D eigenvalue weighted by Crippen LogP contribution is 2.00. The minimum atomic E-state index is -2.87. The van der Waals surface area contributed by atoms with Crippen molar-refractivity contribution >= 4 is 32.1 Å². The SMILES string of the molecule is CCOC(=O)CC[C@H](N)C(=O)OCC.CCOC(=O)CC[C@H](N)C(=O)OCC.O=[P+](O)O. The second-order valence-corrected chi connectivity index (χ2v) is 6.16. The van der Waals surface area contributed by atoms with Gasteiger partial charge in [-0.2, -0.15) is 0 Å². The van der Waals surface area contributed by atoms with Gasteiger partial charge in [-0.05, 0) is 40.5 Å². The minimum absolute atomic E-state index is 0.147. The van der Waals surface area contributed by atoms with Crippen LogP contribution >= 0.6 is 8.25 Å². The van der Waals surface area contributed by atoms with Gasteiger partial charge in [0.05, 0.1) is 26.4 Å². The Morgan fingerprint density at radius 3 is 1.16 bits per heavy atom. The number of ether oxygens (including phenoxy) is 4. The Hall–Kier alpha value is -2.18. The van der Waals surface area contributed by atoms with Gasteiger partial charge in [0.1, 0.15) is 12.1 Å². The Morgan fingerprint density at radius 2 is 0.938 bits per heavy atom. The highest BCUT2D eigenvalue weighted by molar-refractivity contribution is 7.30. The van der Waals surface area contributed by atoms with Crippen molar-refractivity contribution in [3.8, 4) is 0 Å². The summed E-state index contributed by atoms with van der Waals surface area (Å²) in [6.07, 6.45) is 0.816. The third kappa shape index (κ3) is 25.9. The van der Waals surface area contributed by atoms with Crippen molar-refractivity contribution in [2.45, 2.75) is 65.5 Å². The molecular weight excluding hydrogens is 451 g/mol. The zero-order chi connectivity index (χ0) is 25.5. The van der Waals surface area contributed by atoms with Gasteiger partial charge < -0.3 is 30.4 Å². The first-order valence-electron chi connectivity index (χ1n) is 9.97. The van der Waals surface area contributed by atoms with Crippen LogP contribution in [0.1, 0.15) is 53.4 Å². The molecule has 188 valence electrons. The van der Waals surface area contributed by atoms with Gasteiger partial charge in [-0.25, -0.2) is 0 Å². The maximum atomic E-state index is 11.0. The first kappa shape index (κ1) is 34.4. The van der Waals surface area contributed by atoms with E-state index in [1.807, 2.05) is 0 Å². The van der Waals surface area contributed by atoms with Crippen molar-refractivity contribution in [1.82, 2.24) is 0 Å². The molecule has 0 saturated carbocycles. The van der Waals surface area contributed by atoms with E-state index in [0.717, 1.165) is 0 Å². The maximum absolute atomic E-state index is 11.0. The molecule has 14 heteroatoms. The summed E-state index contributed by atoms with van der Waals surface area (Å²) in [6, 6.07) is -1.47. The summed E-state index contributed by atoms with van der Waals surface area (Å²) in [7, 11) is -2.87. The molecular formula is C18H36N2O11P+. The smallest absolute Gasteiger partial charge is 0.466 e. The van der Waals surface area contributed by atoms with Gasteiger partial charge in [-0.15, -0.1) is 9.79 Å². The summed E-state index contributed by atoms with van der Waals surface area (Å²) >= 11 is 0. The van der Waals surface area contributed by atoms with Crippen molar-refractivity contribution in [3.05, 3.63) is 0 Å². The van der Waals surface area contributed by atoms with Crippen LogP contribution in [0, 0.1) is 0 Å². The fourth-order valence-corrected chi connectivity index (χ4v) is 1.75. The lowest BCUT2D eigenvalue weighted by atomic mass is 10.2. The lowest BCUT2D eigenvalue weighted by Crippen LogP contribution is -2.32. The van der Waals surface area contributed by atoms with Crippen LogP contribution in [0.15, 0.2) is 0 Å². The summed E-state index contributed by atoms with van der Waals surface area (Å²) in [4.78, 5) is 58.1. The minimum Gasteiger partial charge on any atom is -0.466 e. The van der Waals surface area contributed by atoms with Crippen LogP contribution in [0.5, 0.6) is 0 Å². The second-order valence-electron chi connectivity index (χ2n) is 5.66. The summed E-state index contributed by atoms with van der Waals surface area (Å²) in [6.45, 7) is 8.14. The number of carbonyl (C=O) groups is 4. The Kier molecular flexibility index (Phi) is 25.3. The Morgan fingerprint density at radius 1 is 0.688 bits per heavy atom. The quantitative estimate of drug-likeness (QED) is 0.163. The summed E-state index contributed by atoms with van der Waals surface area (Å²) in [5.41, 5.74) is 10.9. The monoisotopic (exact) mass is 487 g/mol. The van der Waals surface area contributed by atoms with Crippen molar-refractivity contribution < 1.29 is 52.5 Å². The summed E-state index contributed by atoms with van der Waals surface area (Å²) < 4.78 is 27.4. The molecule has 0 aromatic carbocycles. The van der Waals surface area contributed by atoms with Gasteiger partial charge in [0.15, 0.2) is 0 Å². The van der Waals surface area contributed by atoms with E-state index in [-0.39, 0.29) is 37.6 Å². The predicted molar refractivity (Wildman–Crippen MR) is 113 cm³/mol. The number of rotatable bonds is 12. The molecule has 13 nitrogen and oxygen atoms in total. The average molecular weight is 487 g/mol. The molecule has 0 aliphatic heterocycles. The molecule has 0 fully saturated rings. The molecule has 0 heterocycles. The molecule has 0 radical (unpaired) electrons. The zero-order valence-corrected chi connectivity index (χ0v) is 19.9. The first-order valence-corrected chi connectivity index (χ1v) is 11.1. The molecule has 6 N–H and O–H groups in total. The van der Waals surface area contributed by atoms with E-state index in [2.05, 4.69) is 18.9 Å². The largest absolute Gasteiger partial charge is 0.692 e. The second kappa shape index (κ2) is 23.5. The van der Waals surface area contributed by atoms with Crippen LogP contribution in [-0.4, -0.2) is 72.2 Å². The van der Waals surface area contributed by atoms with E-state index in [4.69, 9.17) is 25.8 Å². The normalized spacial score (nSPS) is 11.2. The maximum Gasteiger partial charge on any atom is 0.692 e. The average Bonchev–Trinajstić information content (AvgIpc) is 2.71. The number of nitrogens with two attached hydrogens (primary N) is 2. The van der Waals surface area contributed by atoms with Crippen LogP contribution in [0.3, 0.4) is 0 Å². The Bertz CT molecular complexity index is 515. The number of carbonyl (C=O) groups excluding carboxylic acids is 4. The molecule has 0 aliphatic rings. The third-order valence-corrected chi connectivity index (χ3v) is 3.11. The zero-order valence-electron chi connectivity index (χ0n) is 19.0. The molecule has 0 aromatic rings. The fraction of sp³-hybridized carbons (Fsp3) is 0.778. The molecule has 0 saturated heterocycles. The molecule has 0 amide bonds. The predicted octanol–water partition coefficient (Wildman–Crippen LogP) is 0.0686. The van der Waals surface area contributed by atoms with Gasteiger partial charge in [0.2, 0.25) is 0 Å². The molecule has 0 unspecified atom stereocenters. The lowest BCUT2D eigenvalue weighted by molar-refractivity contribution is -0.148. The van der Waals surface area contributed by atoms with Crippen LogP contribution in [0.2, 0.25) is 0 Å². The molecule has 0 bridgehead atoms. The van der Waals surface area contributed by atoms with Crippen LogP contribution in [0.4, 0.5) is 0 Å². The summed E-state index contributed by atoms with van der Waals surface area (Å²) in [5, 5.41) is 0. The van der Waals surface area contributed by atoms with E-state index in [1.54, 1.807) is 27.7 Å². The van der Waals surface area contributed by atoms with Gasteiger partial charge in [0.25, 0.3) is 0 Å². The van der Waals surface area contributed by atoms with Crippen molar-refractivity contribution in [3.63, 3.8) is 0 Å². The number of hydrogen-bond donors (Lipinski definition) is 4. The van der Waals surface area contributed by atoms with E-state index in [0.29, 0.717) is 26.4 Å². The number of esters is 4. The van der Waals surface area contributed by atoms with Gasteiger partial charge in [-0.1, -0.05) is 0 Å². The van der Waals surface area contributed by atoms with E-state index < -0.39 is 32.3 Å². The number of hydrogen-bond acceptors (Lipinski definition) is 11. The van der Waals surface area contributed by atoms with E-state index in [9.17, 15) is 19.2 Å². The van der Waals surface area contributed by atoms with Gasteiger partial charge in [0, 0.05) is 17.4 Å². The van der Waals surface area contributed by atoms with Gasteiger partial charge in [-0.3, -0.25) is 19.2 Å². The van der Waals surface area contributed by atoms with Crippen LogP contribution in [0.25, 0.3) is 0 Å². The van der Waals surface area contributed by atoms with Crippen molar-refractivity contribution in [1.29, 1.82) is 0 Å². The highest BCUT2D eigenvalue weighted by Gasteiger charge is 2.17. The fourth-order valence-electron chi connectivity index (χ4n) is 1.75. The van der Waals surface area contributed by atoms with Crippen molar-refractivity contribution in [2.75, 3.05) is 26.4 Å². The lowest BCUT2D eigenvalue weighted by Gasteiger charge is -2.09. The molecule has 2 atom stereocenters. The van der Waals surface area contributed by atoms with Crippen LogP contribution < -0.4 is 11.5 Å². The Labute approximate surface area is 188 Å².